The van der Waals surface area contributed by atoms with Gasteiger partial charge >= 0.3 is 5.97 Å². The molecule has 5 heteroatoms. The maximum atomic E-state index is 12.8. The first-order valence-electron chi connectivity index (χ1n) is 7.90. The zero-order valence-electron chi connectivity index (χ0n) is 12.6. The Morgan fingerprint density at radius 3 is 2.70 bits per heavy atom. The lowest BCUT2D eigenvalue weighted by atomic mass is 9.51. The van der Waals surface area contributed by atoms with Crippen molar-refractivity contribution in [3.05, 3.63) is 0 Å². The second kappa shape index (κ2) is 3.87. The molecular weight excluding hydrogens is 272 g/mol. The van der Waals surface area contributed by atoms with E-state index in [1.165, 1.54) is 0 Å². The number of hydrogen-bond acceptors (Lipinski definition) is 4. The van der Waals surface area contributed by atoms with Crippen molar-refractivity contribution in [1.82, 2.24) is 0 Å². The number of epoxide rings is 1. The summed E-state index contributed by atoms with van der Waals surface area (Å²) in [5.41, 5.74) is -0.749. The Hall–Kier alpha value is -0.393. The third kappa shape index (κ3) is 1.57. The van der Waals surface area contributed by atoms with Crippen molar-refractivity contribution in [3.8, 4) is 0 Å². The number of carbonyl (C=O) groups excluding carboxylic acids is 1. The Morgan fingerprint density at radius 1 is 1.30 bits per heavy atom. The average molecular weight is 296 g/mol. The van der Waals surface area contributed by atoms with E-state index in [-0.39, 0.29) is 23.8 Å². The van der Waals surface area contributed by atoms with Crippen LogP contribution >= 0.6 is 0 Å². The third-order valence-corrected chi connectivity index (χ3v) is 6.62. The fourth-order valence-electron chi connectivity index (χ4n) is 5.02. The molecular formula is C15H24O4Si. The summed E-state index contributed by atoms with van der Waals surface area (Å²) < 4.78 is 18.0. The van der Waals surface area contributed by atoms with Crippen molar-refractivity contribution in [1.29, 1.82) is 0 Å². The van der Waals surface area contributed by atoms with Gasteiger partial charge in [0, 0.05) is 6.42 Å². The molecule has 0 aromatic rings. The van der Waals surface area contributed by atoms with Crippen LogP contribution in [0.25, 0.3) is 0 Å². The SMILES string of the molecule is C[Si](C)(C)O[C@H]1CCC[C@H]2C[C@@H]3C[C@]4(CO4)[C@@]21C(=O)O3. The molecule has 2 bridgehead atoms. The molecule has 0 N–H and O–H groups in total. The summed E-state index contributed by atoms with van der Waals surface area (Å²) in [6, 6.07) is 0. The predicted octanol–water partition coefficient (Wildman–Crippen LogP) is 2.48. The van der Waals surface area contributed by atoms with Gasteiger partial charge in [-0.15, -0.1) is 0 Å². The monoisotopic (exact) mass is 296 g/mol. The molecule has 5 fully saturated rings. The van der Waals surface area contributed by atoms with E-state index in [2.05, 4.69) is 19.6 Å². The lowest BCUT2D eigenvalue weighted by molar-refractivity contribution is -0.231. The van der Waals surface area contributed by atoms with Gasteiger partial charge in [-0.1, -0.05) is 6.42 Å². The molecule has 2 spiro atoms. The van der Waals surface area contributed by atoms with Crippen LogP contribution in [0.4, 0.5) is 0 Å². The topological polar surface area (TPSA) is 48.1 Å². The second-order valence-corrected chi connectivity index (χ2v) is 12.4. The smallest absolute Gasteiger partial charge is 0.318 e. The summed E-state index contributed by atoms with van der Waals surface area (Å²) >= 11 is 0. The predicted molar refractivity (Wildman–Crippen MR) is 75.8 cm³/mol. The standard InChI is InChI=1S/C15H24O4Si/c1-20(2,3)19-12-6-4-5-10-7-11-8-14(9-17-14)15(10,12)13(16)18-11/h10-12H,4-9H2,1-3H3/t10-,11+,12-,14-,15-/m0/s1. The Morgan fingerprint density at radius 2 is 2.05 bits per heavy atom. The van der Waals surface area contributed by atoms with Crippen molar-refractivity contribution < 1.29 is 18.7 Å². The fourth-order valence-corrected chi connectivity index (χ4v) is 6.18. The molecule has 0 unspecified atom stereocenters. The van der Waals surface area contributed by atoms with Gasteiger partial charge in [0.15, 0.2) is 8.32 Å². The van der Waals surface area contributed by atoms with Gasteiger partial charge < -0.3 is 13.9 Å². The minimum Gasteiger partial charge on any atom is -0.462 e. The van der Waals surface area contributed by atoms with Gasteiger partial charge in [0.25, 0.3) is 0 Å². The molecule has 2 saturated carbocycles. The highest BCUT2D eigenvalue weighted by Gasteiger charge is 2.78. The van der Waals surface area contributed by atoms with E-state index >= 15 is 0 Å². The van der Waals surface area contributed by atoms with Gasteiger partial charge in [0.1, 0.15) is 17.1 Å². The van der Waals surface area contributed by atoms with Crippen molar-refractivity contribution in [2.45, 2.75) is 69.6 Å². The second-order valence-electron chi connectivity index (χ2n) is 7.97. The fraction of sp³-hybridized carbons (Fsp3) is 0.933. The lowest BCUT2D eigenvalue weighted by Gasteiger charge is -2.59. The van der Waals surface area contributed by atoms with E-state index < -0.39 is 13.7 Å². The molecule has 5 rings (SSSR count). The summed E-state index contributed by atoms with van der Waals surface area (Å²) in [6.07, 6.45) is 5.26. The first-order valence-corrected chi connectivity index (χ1v) is 11.3. The maximum absolute atomic E-state index is 12.8. The van der Waals surface area contributed by atoms with E-state index in [0.717, 1.165) is 38.7 Å². The Labute approximate surface area is 121 Å². The quantitative estimate of drug-likeness (QED) is 0.446. The van der Waals surface area contributed by atoms with Crippen LogP contribution in [0.5, 0.6) is 0 Å². The first-order chi connectivity index (χ1) is 9.37. The molecule has 0 radical (unpaired) electrons. The molecule has 20 heavy (non-hydrogen) atoms. The van der Waals surface area contributed by atoms with Crippen LogP contribution in [0.2, 0.25) is 19.6 Å². The summed E-state index contributed by atoms with van der Waals surface area (Å²) in [5.74, 6) is 0.380. The molecule has 112 valence electrons. The normalized spacial score (nSPS) is 50.0. The number of fused-ring (bicyclic) bond motifs is 1. The molecule has 5 aliphatic rings. The summed E-state index contributed by atoms with van der Waals surface area (Å²) in [7, 11) is -1.69. The van der Waals surface area contributed by atoms with Gasteiger partial charge in [-0.25, -0.2) is 0 Å². The molecule has 3 aliphatic heterocycles. The highest BCUT2D eigenvalue weighted by atomic mass is 28.4. The van der Waals surface area contributed by atoms with Gasteiger partial charge in [-0.2, -0.15) is 0 Å². The van der Waals surface area contributed by atoms with Crippen LogP contribution in [0.15, 0.2) is 0 Å². The largest absolute Gasteiger partial charge is 0.462 e. The van der Waals surface area contributed by atoms with Crippen LogP contribution in [-0.2, 0) is 18.7 Å². The van der Waals surface area contributed by atoms with Crippen LogP contribution < -0.4 is 0 Å². The van der Waals surface area contributed by atoms with E-state index in [0.29, 0.717) is 5.92 Å². The molecule has 0 amide bonds. The van der Waals surface area contributed by atoms with Gasteiger partial charge in [-0.3, -0.25) is 4.79 Å². The average Bonchev–Trinajstić information content (AvgIpc) is 3.06. The van der Waals surface area contributed by atoms with Crippen LogP contribution in [0.3, 0.4) is 0 Å². The van der Waals surface area contributed by atoms with E-state index in [4.69, 9.17) is 13.9 Å². The van der Waals surface area contributed by atoms with Crippen LogP contribution in [0.1, 0.15) is 32.1 Å². The molecule has 3 saturated heterocycles. The Kier molecular flexibility index (Phi) is 2.57. The van der Waals surface area contributed by atoms with Crippen molar-refractivity contribution in [3.63, 3.8) is 0 Å². The number of rotatable bonds is 2. The Bertz CT molecular complexity index is 453. The Balaban J connectivity index is 1.78. The zero-order valence-corrected chi connectivity index (χ0v) is 13.6. The number of carbonyl (C=O) groups is 1. The molecule has 0 aromatic heterocycles. The molecule has 0 aromatic carbocycles. The van der Waals surface area contributed by atoms with E-state index in [1.54, 1.807) is 0 Å². The number of hydrogen-bond donors (Lipinski definition) is 0. The summed E-state index contributed by atoms with van der Waals surface area (Å²) in [4.78, 5) is 12.8. The molecule has 3 heterocycles. The van der Waals surface area contributed by atoms with E-state index in [1.807, 2.05) is 0 Å². The lowest BCUT2D eigenvalue weighted by Crippen LogP contribution is -2.70. The highest BCUT2D eigenvalue weighted by Crippen LogP contribution is 2.66. The van der Waals surface area contributed by atoms with Crippen LogP contribution in [-0.4, -0.2) is 38.7 Å². The van der Waals surface area contributed by atoms with Gasteiger partial charge in [0.2, 0.25) is 0 Å². The van der Waals surface area contributed by atoms with Crippen LogP contribution in [0, 0.1) is 11.3 Å². The van der Waals surface area contributed by atoms with Gasteiger partial charge in [0.05, 0.1) is 12.7 Å². The molecule has 5 atom stereocenters. The summed E-state index contributed by atoms with van der Waals surface area (Å²) in [5, 5.41) is 0. The van der Waals surface area contributed by atoms with Crippen molar-refractivity contribution >= 4 is 14.3 Å². The number of esters is 1. The van der Waals surface area contributed by atoms with Gasteiger partial charge in [-0.05, 0) is 44.8 Å². The zero-order chi connectivity index (χ0) is 14.2. The first kappa shape index (κ1) is 13.3. The minimum atomic E-state index is -1.69. The summed E-state index contributed by atoms with van der Waals surface area (Å²) in [6.45, 7) is 7.33. The minimum absolute atomic E-state index is 0.00386. The molecule has 2 aliphatic carbocycles. The highest BCUT2D eigenvalue weighted by molar-refractivity contribution is 6.69. The third-order valence-electron chi connectivity index (χ3n) is 5.63. The number of ether oxygens (including phenoxy) is 2. The van der Waals surface area contributed by atoms with Crippen molar-refractivity contribution in [2.24, 2.45) is 11.3 Å². The molecule has 4 nitrogen and oxygen atoms in total. The maximum Gasteiger partial charge on any atom is 0.318 e. The van der Waals surface area contributed by atoms with Crippen molar-refractivity contribution in [2.75, 3.05) is 6.61 Å². The van der Waals surface area contributed by atoms with E-state index in [9.17, 15) is 4.79 Å².